The van der Waals surface area contributed by atoms with Gasteiger partial charge in [-0.2, -0.15) is 0 Å². The fourth-order valence-electron chi connectivity index (χ4n) is 0.446. The molecule has 0 unspecified atom stereocenters. The lowest BCUT2D eigenvalue weighted by Gasteiger charge is -1.87. The maximum Gasteiger partial charge on any atom is 0.157 e. The summed E-state index contributed by atoms with van der Waals surface area (Å²) in [5.74, 6) is 0.259. The third-order valence-electron chi connectivity index (χ3n) is 1.37. The Hall–Kier alpha value is -1.18. The number of carbonyl (C=O) groups is 2. The van der Waals surface area contributed by atoms with Crippen molar-refractivity contribution >= 4 is 11.6 Å². The quantitative estimate of drug-likeness (QED) is 0.626. The van der Waals surface area contributed by atoms with Gasteiger partial charge in [-0.3, -0.25) is 9.59 Å². The number of hydrogen-bond acceptors (Lipinski definition) is 2. The van der Waals surface area contributed by atoms with Crippen molar-refractivity contribution in [2.75, 3.05) is 0 Å². The van der Waals surface area contributed by atoms with Crippen LogP contribution in [-0.2, 0) is 9.59 Å². The minimum atomic E-state index is 0.106. The summed E-state index contributed by atoms with van der Waals surface area (Å²) in [6.07, 6.45) is 2.48. The third kappa shape index (κ3) is 10.8. The first-order valence-corrected chi connectivity index (χ1v) is 4.33. The van der Waals surface area contributed by atoms with E-state index in [1.165, 1.54) is 6.08 Å². The summed E-state index contributed by atoms with van der Waals surface area (Å²) in [7, 11) is 0. The Morgan fingerprint density at radius 2 is 1.69 bits per heavy atom. The van der Waals surface area contributed by atoms with Crippen molar-refractivity contribution in [3.8, 4) is 0 Å². The summed E-state index contributed by atoms with van der Waals surface area (Å²) in [6.45, 7) is 12.1. The highest BCUT2D eigenvalue weighted by atomic mass is 16.1. The van der Waals surface area contributed by atoms with Gasteiger partial charge in [-0.05, 0) is 18.6 Å². The summed E-state index contributed by atoms with van der Waals surface area (Å²) in [5.41, 5.74) is 0.655. The second-order valence-electron chi connectivity index (χ2n) is 2.58. The predicted octanol–water partition coefficient (Wildman–Crippen LogP) is 2.69. The molecule has 0 aromatic rings. The maximum atomic E-state index is 10.4. The van der Waals surface area contributed by atoms with Gasteiger partial charge in [0.1, 0.15) is 0 Å². The molecule has 0 bridgehead atoms. The van der Waals surface area contributed by atoms with Crippen LogP contribution in [0.15, 0.2) is 24.8 Å². The van der Waals surface area contributed by atoms with Gasteiger partial charge in [-0.25, -0.2) is 0 Å². The summed E-state index contributed by atoms with van der Waals surface area (Å²) in [6, 6.07) is 0. The first kappa shape index (κ1) is 14.3. The number of rotatable bonds is 4. The van der Waals surface area contributed by atoms with E-state index in [0.717, 1.165) is 0 Å². The molecule has 0 amide bonds. The fraction of sp³-hybridized carbons (Fsp3) is 0.455. The van der Waals surface area contributed by atoms with E-state index >= 15 is 0 Å². The Labute approximate surface area is 80.3 Å². The fourth-order valence-corrected chi connectivity index (χ4v) is 0.446. The van der Waals surface area contributed by atoms with Crippen molar-refractivity contribution in [1.82, 2.24) is 0 Å². The highest BCUT2D eigenvalue weighted by molar-refractivity contribution is 5.93. The van der Waals surface area contributed by atoms with Gasteiger partial charge in [0.2, 0.25) is 0 Å². The maximum absolute atomic E-state index is 10.4. The minimum absolute atomic E-state index is 0.106. The molecule has 2 heteroatoms. The van der Waals surface area contributed by atoms with E-state index in [0.29, 0.717) is 18.4 Å². The molecule has 0 aliphatic carbocycles. The smallest absolute Gasteiger partial charge is 0.157 e. The summed E-state index contributed by atoms with van der Waals surface area (Å²) in [5, 5.41) is 0. The van der Waals surface area contributed by atoms with E-state index in [1.807, 2.05) is 13.8 Å². The zero-order valence-electron chi connectivity index (χ0n) is 8.72. The van der Waals surface area contributed by atoms with Crippen molar-refractivity contribution < 1.29 is 9.59 Å². The first-order chi connectivity index (χ1) is 5.99. The molecule has 74 valence electrons. The molecule has 0 saturated heterocycles. The Balaban J connectivity index is 0. The molecule has 0 heterocycles. The predicted molar refractivity (Wildman–Crippen MR) is 55.6 cm³/mol. The summed E-state index contributed by atoms with van der Waals surface area (Å²) < 4.78 is 0. The van der Waals surface area contributed by atoms with Crippen molar-refractivity contribution in [1.29, 1.82) is 0 Å². The van der Waals surface area contributed by atoms with Crippen LogP contribution in [0.4, 0.5) is 0 Å². The molecule has 0 aromatic carbocycles. The first-order valence-electron chi connectivity index (χ1n) is 4.33. The monoisotopic (exact) mass is 182 g/mol. The van der Waals surface area contributed by atoms with E-state index in [2.05, 4.69) is 13.2 Å². The third-order valence-corrected chi connectivity index (χ3v) is 1.37. The molecule has 0 radical (unpaired) electrons. The average Bonchev–Trinajstić information content (AvgIpc) is 2.16. The Morgan fingerprint density at radius 3 is 1.69 bits per heavy atom. The standard InChI is InChI=1S/C6H10O.C5H8O/c1-4-6(7)5(2)3;1-3-5(6)4-2/h2,4H2,1,3H3;3H,1,4H2,2H3. The summed E-state index contributed by atoms with van der Waals surface area (Å²) >= 11 is 0. The van der Waals surface area contributed by atoms with Gasteiger partial charge >= 0.3 is 0 Å². The van der Waals surface area contributed by atoms with Crippen LogP contribution in [0.25, 0.3) is 0 Å². The molecule has 0 atom stereocenters. The molecule has 0 aromatic heterocycles. The lowest BCUT2D eigenvalue weighted by molar-refractivity contribution is -0.115. The molecular weight excluding hydrogens is 164 g/mol. The molecule has 0 saturated carbocycles. The lowest BCUT2D eigenvalue weighted by atomic mass is 10.2. The SMILES string of the molecule is C=C(C)C(=O)CC.C=CC(=O)CC. The molecule has 0 rings (SSSR count). The largest absolute Gasteiger partial charge is 0.295 e. The van der Waals surface area contributed by atoms with Crippen LogP contribution in [0.2, 0.25) is 0 Å². The van der Waals surface area contributed by atoms with E-state index in [1.54, 1.807) is 6.92 Å². The second-order valence-corrected chi connectivity index (χ2v) is 2.58. The van der Waals surface area contributed by atoms with Crippen LogP contribution in [0, 0.1) is 0 Å². The van der Waals surface area contributed by atoms with Gasteiger partial charge in [0.05, 0.1) is 0 Å². The Morgan fingerprint density at radius 1 is 1.23 bits per heavy atom. The molecule has 13 heavy (non-hydrogen) atoms. The number of allylic oxidation sites excluding steroid dienone is 2. The summed E-state index contributed by atoms with van der Waals surface area (Å²) in [4.78, 5) is 20.5. The highest BCUT2D eigenvalue weighted by Gasteiger charge is 1.93. The van der Waals surface area contributed by atoms with Gasteiger partial charge in [0.25, 0.3) is 0 Å². The molecule has 0 aliphatic rings. The van der Waals surface area contributed by atoms with Crippen molar-refractivity contribution in [2.24, 2.45) is 0 Å². The van der Waals surface area contributed by atoms with Gasteiger partial charge < -0.3 is 0 Å². The molecule has 0 fully saturated rings. The van der Waals surface area contributed by atoms with Crippen LogP contribution in [0.1, 0.15) is 33.6 Å². The Bertz CT molecular complexity index is 202. The number of ketones is 2. The lowest BCUT2D eigenvalue weighted by Crippen LogP contribution is -1.93. The molecule has 0 N–H and O–H groups in total. The topological polar surface area (TPSA) is 34.1 Å². The average molecular weight is 182 g/mol. The van der Waals surface area contributed by atoms with Crippen LogP contribution in [0.3, 0.4) is 0 Å². The van der Waals surface area contributed by atoms with E-state index in [4.69, 9.17) is 0 Å². The normalized spacial score (nSPS) is 7.92. The molecule has 0 aliphatic heterocycles. The minimum Gasteiger partial charge on any atom is -0.295 e. The highest BCUT2D eigenvalue weighted by Crippen LogP contribution is 1.91. The zero-order valence-corrected chi connectivity index (χ0v) is 8.72. The van der Waals surface area contributed by atoms with Crippen LogP contribution in [0.5, 0.6) is 0 Å². The van der Waals surface area contributed by atoms with Crippen LogP contribution < -0.4 is 0 Å². The van der Waals surface area contributed by atoms with Gasteiger partial charge in [-0.15, -0.1) is 0 Å². The van der Waals surface area contributed by atoms with Gasteiger partial charge in [-0.1, -0.05) is 27.0 Å². The van der Waals surface area contributed by atoms with Crippen molar-refractivity contribution in [3.63, 3.8) is 0 Å². The van der Waals surface area contributed by atoms with Gasteiger partial charge in [0, 0.05) is 12.8 Å². The second kappa shape index (κ2) is 8.91. The molecular formula is C11H18O2. The zero-order chi connectivity index (χ0) is 10.9. The van der Waals surface area contributed by atoms with E-state index < -0.39 is 0 Å². The molecule has 0 spiro atoms. The van der Waals surface area contributed by atoms with Crippen LogP contribution >= 0.6 is 0 Å². The Kier molecular flexibility index (Phi) is 9.84. The van der Waals surface area contributed by atoms with E-state index in [9.17, 15) is 9.59 Å². The van der Waals surface area contributed by atoms with E-state index in [-0.39, 0.29) is 11.6 Å². The number of Topliss-reactive ketones (excluding diaryl/α,β-unsaturated/α-hetero) is 1. The van der Waals surface area contributed by atoms with Gasteiger partial charge in [0.15, 0.2) is 11.6 Å². The van der Waals surface area contributed by atoms with Crippen molar-refractivity contribution in [3.05, 3.63) is 24.8 Å². The number of hydrogen-bond donors (Lipinski definition) is 0. The van der Waals surface area contributed by atoms with Crippen LogP contribution in [-0.4, -0.2) is 11.6 Å². The molecule has 2 nitrogen and oxygen atoms in total. The number of carbonyl (C=O) groups excluding carboxylic acids is 2. The van der Waals surface area contributed by atoms with Crippen molar-refractivity contribution in [2.45, 2.75) is 33.6 Å².